The molecule has 216 valence electrons. The number of fused-ring (bicyclic) bond motifs is 4. The van der Waals surface area contributed by atoms with Crippen molar-refractivity contribution in [1.29, 1.82) is 0 Å². The average Bonchev–Trinajstić information content (AvgIpc) is 3.58. The lowest BCUT2D eigenvalue weighted by Crippen LogP contribution is -2.35. The molecule has 2 bridgehead atoms. The number of imidazole rings is 1. The van der Waals surface area contributed by atoms with E-state index in [1.807, 2.05) is 0 Å². The molecule has 1 aliphatic carbocycles. The van der Waals surface area contributed by atoms with E-state index < -0.39 is 68.4 Å². The summed E-state index contributed by atoms with van der Waals surface area (Å²) in [4.78, 5) is 30.6. The maximum Gasteiger partial charge on any atom is 0.386 e. The fourth-order valence-electron chi connectivity index (χ4n) is 4.94. The van der Waals surface area contributed by atoms with Crippen LogP contribution >= 0.6 is 38.1 Å². The molecule has 5 heterocycles. The number of aliphatic hydroxyl groups is 1. The van der Waals surface area contributed by atoms with Gasteiger partial charge in [-0.05, 0) is 6.42 Å². The molecule has 6 rings (SSSR count). The highest BCUT2D eigenvalue weighted by Crippen LogP contribution is 2.60. The monoisotopic (exact) mass is 634 g/mol. The van der Waals surface area contributed by atoms with Crippen molar-refractivity contribution in [3.63, 3.8) is 0 Å². The summed E-state index contributed by atoms with van der Waals surface area (Å²) >= 11 is 8.25. The fraction of sp³-hybridized carbons (Fsp3) is 0.550. The lowest BCUT2D eigenvalue weighted by atomic mass is 10.1. The highest BCUT2D eigenvalue weighted by molar-refractivity contribution is 8.44. The maximum atomic E-state index is 13.4. The molecule has 2 aliphatic heterocycles. The smallest absolute Gasteiger partial charge is 0.386 e. The quantitative estimate of drug-likeness (QED) is 0.241. The summed E-state index contributed by atoms with van der Waals surface area (Å²) in [6, 6.07) is 1.60. The fourth-order valence-corrected chi connectivity index (χ4v) is 8.01. The number of hydrogen-bond acceptors (Lipinski definition) is 14. The summed E-state index contributed by atoms with van der Waals surface area (Å²) in [7, 11) is 0. The molecule has 40 heavy (non-hydrogen) atoms. The number of aliphatic hydroxyl groups excluding tert-OH is 1. The van der Waals surface area contributed by atoms with Crippen LogP contribution in [0, 0.1) is 5.92 Å². The lowest BCUT2D eigenvalue weighted by molar-refractivity contribution is -0.0487. The van der Waals surface area contributed by atoms with E-state index in [-0.39, 0.29) is 24.2 Å². The maximum absolute atomic E-state index is 13.4. The molecule has 16 nitrogen and oxygen atoms in total. The minimum absolute atomic E-state index is 0.0121. The Morgan fingerprint density at radius 1 is 1.07 bits per heavy atom. The van der Waals surface area contributed by atoms with Crippen LogP contribution in [-0.2, 0) is 32.0 Å². The Labute approximate surface area is 236 Å². The third-order valence-electron chi connectivity index (χ3n) is 6.76. The van der Waals surface area contributed by atoms with Gasteiger partial charge in [-0.2, -0.15) is 0 Å². The van der Waals surface area contributed by atoms with Crippen molar-refractivity contribution in [1.82, 2.24) is 29.5 Å². The number of aromatic amines is 1. The Morgan fingerprint density at radius 2 is 1.88 bits per heavy atom. The van der Waals surface area contributed by atoms with Crippen LogP contribution in [0.1, 0.15) is 19.1 Å². The largest absolute Gasteiger partial charge is 0.474 e. The molecule has 3 aliphatic rings. The van der Waals surface area contributed by atoms with Crippen LogP contribution in [0.3, 0.4) is 0 Å². The summed E-state index contributed by atoms with van der Waals surface area (Å²) in [5, 5.41) is 11.1. The van der Waals surface area contributed by atoms with Crippen LogP contribution in [0.2, 0.25) is 0 Å². The molecule has 0 unspecified atom stereocenters. The van der Waals surface area contributed by atoms with Gasteiger partial charge in [-0.25, -0.2) is 29.1 Å². The minimum atomic E-state index is -4.13. The highest BCUT2D eigenvalue weighted by Gasteiger charge is 2.51. The third-order valence-corrected chi connectivity index (χ3v) is 10.0. The average molecular weight is 635 g/mol. The van der Waals surface area contributed by atoms with Crippen LogP contribution in [-0.4, -0.2) is 78.3 Å². The first-order valence-corrected chi connectivity index (χ1v) is 17.5. The Morgan fingerprint density at radius 3 is 2.67 bits per heavy atom. The molecule has 0 aromatic carbocycles. The van der Waals surface area contributed by atoms with Crippen molar-refractivity contribution in [2.75, 3.05) is 13.2 Å². The van der Waals surface area contributed by atoms with E-state index in [0.29, 0.717) is 12.3 Å². The van der Waals surface area contributed by atoms with E-state index in [1.165, 1.54) is 29.7 Å². The summed E-state index contributed by atoms with van der Waals surface area (Å²) in [5.74, 6) is -0.107. The number of nitrogens with zero attached hydrogens (tertiary/aromatic N) is 5. The van der Waals surface area contributed by atoms with Crippen LogP contribution in [0.5, 0.6) is 5.88 Å². The second-order valence-corrected chi connectivity index (χ2v) is 15.1. The second-order valence-electron chi connectivity index (χ2n) is 9.37. The predicted molar refractivity (Wildman–Crippen MR) is 142 cm³/mol. The van der Waals surface area contributed by atoms with Gasteiger partial charge in [-0.1, -0.05) is 24.5 Å². The zero-order valence-electron chi connectivity index (χ0n) is 20.4. The predicted octanol–water partition coefficient (Wildman–Crippen LogP) is 1.92. The van der Waals surface area contributed by atoms with Gasteiger partial charge in [0.1, 0.15) is 30.7 Å². The normalized spacial score (nSPS) is 38.7. The van der Waals surface area contributed by atoms with Crippen molar-refractivity contribution >= 4 is 49.3 Å². The van der Waals surface area contributed by atoms with E-state index in [1.54, 1.807) is 6.07 Å². The van der Waals surface area contributed by atoms with Crippen LogP contribution < -0.4 is 10.3 Å². The third kappa shape index (κ3) is 5.88. The van der Waals surface area contributed by atoms with E-state index in [0.717, 1.165) is 0 Å². The SMILES string of the molecule is O=c1[nH]cnc2c1ncn2[C@@H]1O[C@@H]2CO[P@@](=O)(S)O[C@H]3C[C@H](Oc4ccncn4)C[C@@H]3CO[P@](=O)(S)O[C@@H]1[C@@H]2O. The number of ether oxygens (including phenoxy) is 2. The highest BCUT2D eigenvalue weighted by atomic mass is 32.7. The van der Waals surface area contributed by atoms with Crippen molar-refractivity contribution in [3.05, 3.63) is 41.6 Å². The standard InChI is InChI=1S/C20H24N6O10P2S2/c27-16-13-6-32-37(29,39)35-12-4-11(33-14-1-2-21-7-22-14)3-10(12)5-31-38(30,40)36-17(16)20(34-13)26-9-25-15-18(26)23-8-24-19(15)28/h1-2,7-13,16-17,20,27H,3-6H2,(H,29,39)(H,30,40)(H,23,24,28)/t10-,11-,12+,13-,16-,17-,20-,37-,38+/m1/s1. The molecule has 0 amide bonds. The van der Waals surface area contributed by atoms with E-state index in [4.69, 9.17) is 27.6 Å². The van der Waals surface area contributed by atoms with Gasteiger partial charge >= 0.3 is 13.6 Å². The molecule has 3 aromatic heterocycles. The Kier molecular flexibility index (Phi) is 7.84. The number of rotatable bonds is 3. The zero-order chi connectivity index (χ0) is 28.1. The van der Waals surface area contributed by atoms with Gasteiger partial charge in [-0.15, -0.1) is 0 Å². The first kappa shape index (κ1) is 28.3. The molecule has 2 N–H and O–H groups in total. The van der Waals surface area contributed by atoms with E-state index in [9.17, 15) is 19.0 Å². The second kappa shape index (κ2) is 11.1. The number of thiol groups is 2. The molecular formula is C20H24N6O10P2S2. The van der Waals surface area contributed by atoms with Gasteiger partial charge in [0.05, 0.1) is 32.0 Å². The lowest BCUT2D eigenvalue weighted by Gasteiger charge is -2.26. The van der Waals surface area contributed by atoms with Crippen molar-refractivity contribution in [3.8, 4) is 5.88 Å². The van der Waals surface area contributed by atoms with E-state index >= 15 is 0 Å². The Balaban J connectivity index is 1.27. The van der Waals surface area contributed by atoms with Gasteiger partial charge in [0.15, 0.2) is 17.4 Å². The Hall–Kier alpha value is -1.85. The minimum Gasteiger partial charge on any atom is -0.474 e. The summed E-state index contributed by atoms with van der Waals surface area (Å²) in [6.07, 6.45) is -0.212. The first-order valence-electron chi connectivity index (χ1n) is 12.1. The van der Waals surface area contributed by atoms with Crippen molar-refractivity contribution in [2.45, 2.75) is 49.6 Å². The topological polar surface area (TPSA) is 199 Å². The molecular weight excluding hydrogens is 610 g/mol. The van der Waals surface area contributed by atoms with Gasteiger partial charge < -0.3 is 24.1 Å². The number of nitrogens with one attached hydrogen (secondary N) is 1. The zero-order valence-corrected chi connectivity index (χ0v) is 24.0. The summed E-state index contributed by atoms with van der Waals surface area (Å²) in [6.45, 7) is -8.71. The van der Waals surface area contributed by atoms with Crippen LogP contribution in [0.15, 0.2) is 36.0 Å². The van der Waals surface area contributed by atoms with Crippen LogP contribution in [0.4, 0.5) is 0 Å². The number of aromatic nitrogens is 6. The molecule has 0 spiro atoms. The molecule has 9 atom stereocenters. The summed E-state index contributed by atoms with van der Waals surface area (Å²) < 4.78 is 62.4. The van der Waals surface area contributed by atoms with Gasteiger partial charge in [0.2, 0.25) is 5.88 Å². The molecule has 1 saturated carbocycles. The molecule has 20 heteroatoms. The molecule has 3 fully saturated rings. The first-order chi connectivity index (χ1) is 19.1. The molecule has 0 radical (unpaired) electrons. The van der Waals surface area contributed by atoms with Gasteiger partial charge in [-0.3, -0.25) is 22.9 Å². The van der Waals surface area contributed by atoms with Crippen molar-refractivity contribution in [2.24, 2.45) is 5.92 Å². The van der Waals surface area contributed by atoms with Crippen molar-refractivity contribution < 1.29 is 41.8 Å². The Bertz CT molecular complexity index is 1530. The summed E-state index contributed by atoms with van der Waals surface area (Å²) in [5.41, 5.74) is -0.358. The van der Waals surface area contributed by atoms with Gasteiger partial charge in [0, 0.05) is 24.6 Å². The van der Waals surface area contributed by atoms with Gasteiger partial charge in [0.25, 0.3) is 5.56 Å². The molecule has 3 aromatic rings. The molecule has 2 saturated heterocycles. The van der Waals surface area contributed by atoms with Crippen LogP contribution in [0.25, 0.3) is 11.2 Å². The number of H-pyrrole nitrogens is 1. The number of hydrogen-bond donors (Lipinski definition) is 4. The van der Waals surface area contributed by atoms with E-state index in [2.05, 4.69) is 49.4 Å².